The predicted octanol–water partition coefficient (Wildman–Crippen LogP) is 1.85. The van der Waals surface area contributed by atoms with Crippen molar-refractivity contribution in [3.63, 3.8) is 0 Å². The molecule has 142 valence electrons. The van der Waals surface area contributed by atoms with Gasteiger partial charge in [-0.3, -0.25) is 9.59 Å². The number of benzene rings is 1. The molecule has 1 aliphatic heterocycles. The molecule has 1 amide bonds. The van der Waals surface area contributed by atoms with E-state index >= 15 is 0 Å². The zero-order valence-electron chi connectivity index (χ0n) is 14.7. The molecular weight excluding hydrogens is 358 g/mol. The Balaban J connectivity index is 1.83. The summed E-state index contributed by atoms with van der Waals surface area (Å²) in [6.07, 6.45) is 2.98. The summed E-state index contributed by atoms with van der Waals surface area (Å²) in [5.41, 5.74) is 2.79. The smallest absolute Gasteiger partial charge is 0.247 e. The molecule has 1 aliphatic rings. The van der Waals surface area contributed by atoms with Crippen LogP contribution >= 0.6 is 0 Å². The van der Waals surface area contributed by atoms with Crippen LogP contribution in [0, 0.1) is 11.6 Å². The van der Waals surface area contributed by atoms with Crippen molar-refractivity contribution in [2.24, 2.45) is 0 Å². The van der Waals surface area contributed by atoms with Gasteiger partial charge >= 0.3 is 0 Å². The molecular formula is C18H18F2N4O3. The molecule has 0 bridgehead atoms. The average Bonchev–Trinajstić information content (AvgIpc) is 3.00. The van der Waals surface area contributed by atoms with Gasteiger partial charge in [0.1, 0.15) is 23.4 Å². The van der Waals surface area contributed by atoms with Gasteiger partial charge in [0.15, 0.2) is 11.3 Å². The lowest BCUT2D eigenvalue weighted by Gasteiger charge is -2.18. The molecule has 0 saturated heterocycles. The van der Waals surface area contributed by atoms with Crippen molar-refractivity contribution in [2.45, 2.75) is 13.0 Å². The minimum atomic E-state index is -0.907. The van der Waals surface area contributed by atoms with Gasteiger partial charge < -0.3 is 20.0 Å². The molecule has 0 saturated carbocycles. The molecule has 7 nitrogen and oxygen atoms in total. The monoisotopic (exact) mass is 376 g/mol. The summed E-state index contributed by atoms with van der Waals surface area (Å²) in [4.78, 5) is 27.5. The minimum absolute atomic E-state index is 0.293. The highest BCUT2D eigenvalue weighted by molar-refractivity contribution is 5.98. The number of nitrogens with one attached hydrogen (secondary N) is 3. The Bertz CT molecular complexity index is 938. The lowest BCUT2D eigenvalue weighted by molar-refractivity contribution is -0.117. The maximum absolute atomic E-state index is 13.7. The summed E-state index contributed by atoms with van der Waals surface area (Å²) in [6, 6.07) is 3.71. The van der Waals surface area contributed by atoms with E-state index in [0.29, 0.717) is 23.7 Å². The van der Waals surface area contributed by atoms with E-state index in [1.54, 1.807) is 14.0 Å². The van der Waals surface area contributed by atoms with Crippen molar-refractivity contribution in [1.82, 2.24) is 15.4 Å². The number of rotatable bonds is 5. The number of hydrogen-bond acceptors (Lipinski definition) is 5. The summed E-state index contributed by atoms with van der Waals surface area (Å²) in [5, 5.41) is 3.72. The van der Waals surface area contributed by atoms with E-state index in [1.165, 1.54) is 29.4 Å². The zero-order valence-corrected chi connectivity index (χ0v) is 14.7. The molecule has 9 heteroatoms. The number of H-pyrrole nitrogens is 1. The fourth-order valence-corrected chi connectivity index (χ4v) is 2.70. The third-order valence-corrected chi connectivity index (χ3v) is 3.97. The second-order valence-electron chi connectivity index (χ2n) is 5.81. The number of hydrazine groups is 1. The van der Waals surface area contributed by atoms with Crippen LogP contribution in [0.25, 0.3) is 5.70 Å². The second-order valence-corrected chi connectivity index (χ2v) is 5.81. The van der Waals surface area contributed by atoms with E-state index in [2.05, 4.69) is 15.7 Å². The van der Waals surface area contributed by atoms with Gasteiger partial charge in [0.25, 0.3) is 0 Å². The van der Waals surface area contributed by atoms with Gasteiger partial charge in [0, 0.05) is 19.3 Å². The van der Waals surface area contributed by atoms with E-state index in [1.807, 2.05) is 0 Å². The topological polar surface area (TPSA) is 86.5 Å². The normalized spacial score (nSPS) is 16.2. The van der Waals surface area contributed by atoms with Crippen molar-refractivity contribution in [3.05, 3.63) is 64.0 Å². The number of nitrogens with zero attached hydrogens (tertiary/aromatic N) is 1. The summed E-state index contributed by atoms with van der Waals surface area (Å²) in [6.45, 7) is 2.21. The highest BCUT2D eigenvalue weighted by Gasteiger charge is 2.28. The van der Waals surface area contributed by atoms with Crippen molar-refractivity contribution in [3.8, 4) is 5.88 Å². The Morgan fingerprint density at radius 2 is 2.04 bits per heavy atom. The Kier molecular flexibility index (Phi) is 5.22. The van der Waals surface area contributed by atoms with Crippen molar-refractivity contribution >= 4 is 17.3 Å². The van der Waals surface area contributed by atoms with Crippen LogP contribution < -0.4 is 20.9 Å². The summed E-state index contributed by atoms with van der Waals surface area (Å²) in [7, 11) is 1.62. The maximum atomic E-state index is 13.7. The van der Waals surface area contributed by atoms with Crippen LogP contribution in [0.4, 0.5) is 14.5 Å². The molecule has 0 aliphatic carbocycles. The molecule has 2 aromatic rings. The number of carbonyl (C=O) groups is 1. The molecule has 1 unspecified atom stereocenters. The SMILES string of the molecule is CCOc1cc(=O)c(C2=CC(C(=O)Nc3c(F)cccc3F)NN2C)c[nH]1. The van der Waals surface area contributed by atoms with Crippen LogP contribution in [0.5, 0.6) is 5.88 Å². The van der Waals surface area contributed by atoms with Gasteiger partial charge in [-0.15, -0.1) is 0 Å². The average molecular weight is 376 g/mol. The van der Waals surface area contributed by atoms with Crippen molar-refractivity contribution in [1.29, 1.82) is 0 Å². The lowest BCUT2D eigenvalue weighted by atomic mass is 10.1. The van der Waals surface area contributed by atoms with Crippen LogP contribution in [-0.4, -0.2) is 35.6 Å². The molecule has 1 atom stereocenters. The summed E-state index contributed by atoms with van der Waals surface area (Å²) in [5.74, 6) is -2.07. The molecule has 2 heterocycles. The third-order valence-electron chi connectivity index (χ3n) is 3.97. The zero-order chi connectivity index (χ0) is 19.6. The van der Waals surface area contributed by atoms with E-state index < -0.39 is 29.3 Å². The largest absolute Gasteiger partial charge is 0.479 e. The second kappa shape index (κ2) is 7.58. The first-order chi connectivity index (χ1) is 12.9. The molecule has 0 spiro atoms. The molecule has 1 aromatic carbocycles. The Hall–Kier alpha value is -3.20. The number of ether oxygens (including phenoxy) is 1. The number of anilines is 1. The highest BCUT2D eigenvalue weighted by Crippen LogP contribution is 2.22. The van der Waals surface area contributed by atoms with Gasteiger partial charge in [-0.05, 0) is 25.1 Å². The first-order valence-electron chi connectivity index (χ1n) is 8.23. The van der Waals surface area contributed by atoms with Gasteiger partial charge in [0.2, 0.25) is 5.91 Å². The van der Waals surface area contributed by atoms with Crippen LogP contribution in [-0.2, 0) is 4.79 Å². The molecule has 1 aromatic heterocycles. The number of aromatic amines is 1. The van der Waals surface area contributed by atoms with Crippen LogP contribution in [0.2, 0.25) is 0 Å². The highest BCUT2D eigenvalue weighted by atomic mass is 19.1. The van der Waals surface area contributed by atoms with E-state index in [-0.39, 0.29) is 5.43 Å². The molecule has 3 N–H and O–H groups in total. The number of hydrogen-bond donors (Lipinski definition) is 3. The predicted molar refractivity (Wildman–Crippen MR) is 95.9 cm³/mol. The number of carbonyl (C=O) groups excluding carboxylic acids is 1. The van der Waals surface area contributed by atoms with Gasteiger partial charge in [0.05, 0.1) is 17.9 Å². The fraction of sp³-hybridized carbons (Fsp3) is 0.222. The Labute approximate surface area is 153 Å². The number of amides is 1. The van der Waals surface area contributed by atoms with Crippen LogP contribution in [0.15, 0.2) is 41.3 Å². The number of para-hydroxylation sites is 1. The standard InChI is InChI=1S/C18H18F2N4O3/c1-3-27-16-8-15(25)10(9-21-16)14-7-13(23-24(14)2)18(26)22-17-11(19)5-4-6-12(17)20/h4-9,13,23H,3H2,1-2H3,(H,21,25)(H,22,26). The fourth-order valence-electron chi connectivity index (χ4n) is 2.70. The lowest BCUT2D eigenvalue weighted by Crippen LogP contribution is -2.41. The van der Waals surface area contributed by atoms with Crippen molar-refractivity contribution < 1.29 is 18.3 Å². The number of aromatic nitrogens is 1. The molecule has 0 fully saturated rings. The third kappa shape index (κ3) is 3.82. The summed E-state index contributed by atoms with van der Waals surface area (Å²) >= 11 is 0. The van der Waals surface area contributed by atoms with Crippen molar-refractivity contribution in [2.75, 3.05) is 19.0 Å². The van der Waals surface area contributed by atoms with Crippen LogP contribution in [0.3, 0.4) is 0 Å². The summed E-state index contributed by atoms with van der Waals surface area (Å²) < 4.78 is 32.7. The first-order valence-corrected chi connectivity index (χ1v) is 8.23. The maximum Gasteiger partial charge on any atom is 0.247 e. The first kappa shape index (κ1) is 18.6. The minimum Gasteiger partial charge on any atom is -0.479 e. The quantitative estimate of drug-likeness (QED) is 0.742. The van der Waals surface area contributed by atoms with E-state index in [0.717, 1.165) is 12.1 Å². The van der Waals surface area contributed by atoms with Crippen LogP contribution in [0.1, 0.15) is 12.5 Å². The van der Waals surface area contributed by atoms with E-state index in [4.69, 9.17) is 4.74 Å². The van der Waals surface area contributed by atoms with Gasteiger partial charge in [-0.1, -0.05) is 6.07 Å². The van der Waals surface area contributed by atoms with Gasteiger partial charge in [-0.2, -0.15) is 0 Å². The molecule has 0 radical (unpaired) electrons. The number of pyridine rings is 1. The van der Waals surface area contributed by atoms with Gasteiger partial charge in [-0.25, -0.2) is 14.2 Å². The number of halogens is 2. The Morgan fingerprint density at radius 3 is 2.67 bits per heavy atom. The molecule has 27 heavy (non-hydrogen) atoms. The molecule has 3 rings (SSSR count). The Morgan fingerprint density at radius 1 is 1.33 bits per heavy atom. The van der Waals surface area contributed by atoms with E-state index in [9.17, 15) is 18.4 Å².